The van der Waals surface area contributed by atoms with Crippen LogP contribution in [-0.2, 0) is 16.1 Å². The number of H-pyrrole nitrogens is 1. The number of urea groups is 1. The summed E-state index contributed by atoms with van der Waals surface area (Å²) in [6.45, 7) is 6.50. The first-order valence-corrected chi connectivity index (χ1v) is 16.2. The average molecular weight is 630 g/mol. The Morgan fingerprint density at radius 1 is 1.00 bits per heavy atom. The molecule has 4 amide bonds. The van der Waals surface area contributed by atoms with E-state index in [9.17, 15) is 9.59 Å². The normalized spacial score (nSPS) is 20.4. The maximum atomic E-state index is 15.0. The van der Waals surface area contributed by atoms with Crippen LogP contribution in [0.2, 0.25) is 5.02 Å². The van der Waals surface area contributed by atoms with E-state index in [0.29, 0.717) is 44.3 Å². The molecule has 8 nitrogen and oxygen atoms in total. The lowest BCUT2D eigenvalue weighted by molar-refractivity contribution is -0.136. The fraction of sp³-hybridized carbons (Fsp3) is 0.324. The van der Waals surface area contributed by atoms with Gasteiger partial charge in [-0.05, 0) is 43.7 Å². The van der Waals surface area contributed by atoms with Gasteiger partial charge in [-0.25, -0.2) is 4.79 Å². The van der Waals surface area contributed by atoms with Crippen molar-refractivity contribution in [2.75, 3.05) is 32.7 Å². The number of piperazine rings is 1. The van der Waals surface area contributed by atoms with Gasteiger partial charge in [0, 0.05) is 71.8 Å². The van der Waals surface area contributed by atoms with Crippen molar-refractivity contribution in [1.29, 1.82) is 0 Å². The molecule has 1 aromatic heterocycles. The summed E-state index contributed by atoms with van der Waals surface area (Å²) in [5, 5.41) is 4.39. The SMILES string of the molecule is CCNC(=O)N1CCN(C(=O)[C@]2(Sc3ccc(C)cc3)CC(=O)N(Cc3ccccc3)[C@H]2c2c[nH]c3cc(Cl)ccc23)CC1. The van der Waals surface area contributed by atoms with Gasteiger partial charge in [0.25, 0.3) is 0 Å². The first-order chi connectivity index (χ1) is 21.3. The summed E-state index contributed by atoms with van der Waals surface area (Å²) < 4.78 is -1.15. The molecule has 0 unspecified atom stereocenters. The summed E-state index contributed by atoms with van der Waals surface area (Å²) >= 11 is 7.82. The third-order valence-electron chi connectivity index (χ3n) is 8.52. The fourth-order valence-corrected chi connectivity index (χ4v) is 7.98. The van der Waals surface area contributed by atoms with Gasteiger partial charge in [-0.1, -0.05) is 65.7 Å². The van der Waals surface area contributed by atoms with E-state index in [1.807, 2.05) is 103 Å². The van der Waals surface area contributed by atoms with E-state index in [-0.39, 0.29) is 24.3 Å². The molecule has 2 saturated heterocycles. The number of nitrogens with zero attached hydrogens (tertiary/aromatic N) is 3. The van der Waals surface area contributed by atoms with Gasteiger partial charge in [-0.15, -0.1) is 11.8 Å². The van der Waals surface area contributed by atoms with Crippen LogP contribution in [0.3, 0.4) is 0 Å². The molecule has 228 valence electrons. The molecule has 2 aliphatic heterocycles. The largest absolute Gasteiger partial charge is 0.361 e. The molecule has 2 atom stereocenters. The van der Waals surface area contributed by atoms with Crippen molar-refractivity contribution in [3.05, 3.63) is 101 Å². The fourth-order valence-electron chi connectivity index (χ4n) is 6.33. The number of aryl methyl sites for hydroxylation is 1. The molecule has 0 spiro atoms. The molecule has 0 radical (unpaired) electrons. The number of hydrogen-bond donors (Lipinski definition) is 2. The molecular formula is C34H36ClN5O3S. The number of aromatic amines is 1. The number of likely N-dealkylation sites (tertiary alicyclic amines) is 1. The molecular weight excluding hydrogens is 594 g/mol. The lowest BCUT2D eigenvalue weighted by Crippen LogP contribution is -2.58. The van der Waals surface area contributed by atoms with Gasteiger partial charge in [0.15, 0.2) is 0 Å². The number of halogens is 1. The molecule has 0 bridgehead atoms. The summed E-state index contributed by atoms with van der Waals surface area (Å²) in [6.07, 6.45) is 1.98. The summed E-state index contributed by atoms with van der Waals surface area (Å²) in [5.41, 5.74) is 3.85. The molecule has 0 aliphatic carbocycles. The number of nitrogens with one attached hydrogen (secondary N) is 2. The Morgan fingerprint density at radius 2 is 1.70 bits per heavy atom. The molecule has 2 N–H and O–H groups in total. The van der Waals surface area contributed by atoms with Gasteiger partial charge in [0.05, 0.1) is 12.5 Å². The number of benzene rings is 3. The van der Waals surface area contributed by atoms with Crippen LogP contribution in [0.1, 0.15) is 36.1 Å². The molecule has 3 heterocycles. The maximum absolute atomic E-state index is 15.0. The highest BCUT2D eigenvalue weighted by molar-refractivity contribution is 8.01. The Hall–Kier alpha value is -3.95. The van der Waals surface area contributed by atoms with Crippen molar-refractivity contribution in [2.24, 2.45) is 0 Å². The number of hydrogen-bond acceptors (Lipinski definition) is 4. The minimum Gasteiger partial charge on any atom is -0.361 e. The van der Waals surface area contributed by atoms with Crippen LogP contribution in [0, 0.1) is 6.92 Å². The van der Waals surface area contributed by atoms with Crippen molar-refractivity contribution < 1.29 is 14.4 Å². The van der Waals surface area contributed by atoms with E-state index < -0.39 is 10.8 Å². The molecule has 4 aromatic rings. The summed E-state index contributed by atoms with van der Waals surface area (Å²) in [7, 11) is 0. The zero-order valence-electron chi connectivity index (χ0n) is 24.9. The Morgan fingerprint density at radius 3 is 2.41 bits per heavy atom. The predicted molar refractivity (Wildman–Crippen MR) is 175 cm³/mol. The molecule has 6 rings (SSSR count). The molecule has 10 heteroatoms. The van der Waals surface area contributed by atoms with Crippen LogP contribution < -0.4 is 5.32 Å². The standard InChI is InChI=1S/C34H36ClN5O3S/c1-3-36-33(43)39-17-15-38(16-18-39)32(42)34(44-26-12-9-23(2)10-13-26)20-30(41)40(22-24-7-5-4-6-8-24)31(34)28-21-37-29-19-25(35)11-14-27(28)29/h4-14,19,21,31,37H,3,15-18,20,22H2,1-2H3,(H,36,43)/t31-,34-/m0/s1. The zero-order chi connectivity index (χ0) is 30.8. The zero-order valence-corrected chi connectivity index (χ0v) is 26.5. The van der Waals surface area contributed by atoms with E-state index in [0.717, 1.165) is 32.5 Å². The van der Waals surface area contributed by atoms with Gasteiger partial charge in [-0.2, -0.15) is 0 Å². The Balaban J connectivity index is 1.46. The second kappa shape index (κ2) is 12.6. The number of carbonyl (C=O) groups is 3. The van der Waals surface area contributed by atoms with Gasteiger partial charge in [0.2, 0.25) is 11.8 Å². The highest BCUT2D eigenvalue weighted by Gasteiger charge is 2.59. The van der Waals surface area contributed by atoms with Gasteiger partial charge < -0.3 is 25.0 Å². The molecule has 2 fully saturated rings. The third kappa shape index (κ3) is 5.78. The minimum atomic E-state index is -1.15. The van der Waals surface area contributed by atoms with Crippen molar-refractivity contribution in [2.45, 2.75) is 42.5 Å². The van der Waals surface area contributed by atoms with Crippen LogP contribution in [0.4, 0.5) is 4.79 Å². The first kappa shape index (κ1) is 30.1. The minimum absolute atomic E-state index is 0.0542. The number of thioether (sulfide) groups is 1. The van der Waals surface area contributed by atoms with Crippen LogP contribution in [0.15, 0.2) is 83.9 Å². The summed E-state index contributed by atoms with van der Waals surface area (Å²) in [5.74, 6) is -0.160. The van der Waals surface area contributed by atoms with E-state index in [4.69, 9.17) is 11.6 Å². The van der Waals surface area contributed by atoms with Crippen molar-refractivity contribution in [3.8, 4) is 0 Å². The van der Waals surface area contributed by atoms with Crippen molar-refractivity contribution in [1.82, 2.24) is 25.0 Å². The highest BCUT2D eigenvalue weighted by Crippen LogP contribution is 2.55. The average Bonchev–Trinajstić information content (AvgIpc) is 3.56. The monoisotopic (exact) mass is 629 g/mol. The number of amides is 4. The Labute approximate surface area is 266 Å². The second-order valence-electron chi connectivity index (χ2n) is 11.4. The van der Waals surface area contributed by atoms with E-state index >= 15 is 4.79 Å². The summed E-state index contributed by atoms with van der Waals surface area (Å²) in [4.78, 5) is 51.5. The third-order valence-corrected chi connectivity index (χ3v) is 10.2. The van der Waals surface area contributed by atoms with Gasteiger partial charge in [-0.3, -0.25) is 9.59 Å². The number of fused-ring (bicyclic) bond motifs is 1. The lowest BCUT2D eigenvalue weighted by atomic mass is 9.90. The lowest BCUT2D eigenvalue weighted by Gasteiger charge is -2.42. The quantitative estimate of drug-likeness (QED) is 0.262. The highest BCUT2D eigenvalue weighted by atomic mass is 35.5. The van der Waals surface area contributed by atoms with Gasteiger partial charge >= 0.3 is 6.03 Å². The number of rotatable bonds is 7. The van der Waals surface area contributed by atoms with E-state index in [2.05, 4.69) is 10.3 Å². The molecule has 0 saturated carbocycles. The molecule has 3 aromatic carbocycles. The van der Waals surface area contributed by atoms with Crippen LogP contribution in [-0.4, -0.2) is 75.0 Å². The van der Waals surface area contributed by atoms with Crippen molar-refractivity contribution >= 4 is 52.1 Å². The van der Waals surface area contributed by atoms with Crippen LogP contribution in [0.5, 0.6) is 0 Å². The Bertz CT molecular complexity index is 1670. The topological polar surface area (TPSA) is 88.8 Å². The molecule has 2 aliphatic rings. The van der Waals surface area contributed by atoms with E-state index in [1.165, 1.54) is 11.8 Å². The maximum Gasteiger partial charge on any atom is 0.317 e. The smallest absolute Gasteiger partial charge is 0.317 e. The second-order valence-corrected chi connectivity index (χ2v) is 13.3. The van der Waals surface area contributed by atoms with Crippen LogP contribution in [0.25, 0.3) is 10.9 Å². The van der Waals surface area contributed by atoms with Gasteiger partial charge in [0.1, 0.15) is 4.75 Å². The number of carbonyl (C=O) groups excluding carboxylic acids is 3. The number of aromatic nitrogens is 1. The van der Waals surface area contributed by atoms with Crippen molar-refractivity contribution in [3.63, 3.8) is 0 Å². The Kier molecular flexibility index (Phi) is 8.60. The molecule has 44 heavy (non-hydrogen) atoms. The predicted octanol–water partition coefficient (Wildman–Crippen LogP) is 6.01. The van der Waals surface area contributed by atoms with E-state index in [1.54, 1.807) is 4.90 Å². The summed E-state index contributed by atoms with van der Waals surface area (Å²) in [6, 6.07) is 23.0. The first-order valence-electron chi connectivity index (χ1n) is 15.0. The van der Waals surface area contributed by atoms with Crippen LogP contribution >= 0.6 is 23.4 Å².